The predicted molar refractivity (Wildman–Crippen MR) is 35.4 cm³/mol. The minimum Gasteiger partial charge on any atom is -0.355 e. The molecule has 1 N–H and O–H groups in total. The van der Waals surface area contributed by atoms with Gasteiger partial charge < -0.3 is 5.32 Å². The van der Waals surface area contributed by atoms with Crippen LogP contribution in [0.5, 0.6) is 0 Å². The monoisotopic (exact) mass is 211 g/mol. The molecule has 1 saturated heterocycles. The van der Waals surface area contributed by atoms with Crippen molar-refractivity contribution in [2.45, 2.75) is 10.3 Å². The van der Waals surface area contributed by atoms with Crippen molar-refractivity contribution in [3.05, 3.63) is 0 Å². The third-order valence-corrected chi connectivity index (χ3v) is 1.81. The van der Waals surface area contributed by atoms with Crippen molar-refractivity contribution >= 4 is 28.5 Å². The topological polar surface area (TPSA) is 29.1 Å². The first kappa shape index (κ1) is 5.34. The Hall–Kier alpha value is 0.200. The van der Waals surface area contributed by atoms with Crippen molar-refractivity contribution in [3.8, 4) is 0 Å². The molecule has 1 aliphatic rings. The summed E-state index contributed by atoms with van der Waals surface area (Å²) in [7, 11) is 0. The smallest absolute Gasteiger partial charge is 0.221 e. The van der Waals surface area contributed by atoms with Crippen molar-refractivity contribution in [2.24, 2.45) is 0 Å². The van der Waals surface area contributed by atoms with Gasteiger partial charge in [0.05, 0.1) is 0 Å². The van der Waals surface area contributed by atoms with Gasteiger partial charge in [-0.15, -0.1) is 0 Å². The van der Waals surface area contributed by atoms with Gasteiger partial charge in [-0.05, 0) is 0 Å². The maximum atomic E-state index is 10.3. The Morgan fingerprint density at radius 3 is 2.71 bits per heavy atom. The zero-order valence-electron chi connectivity index (χ0n) is 3.78. The van der Waals surface area contributed by atoms with E-state index < -0.39 is 0 Å². The zero-order valence-corrected chi connectivity index (χ0v) is 5.94. The molecule has 0 spiro atoms. The van der Waals surface area contributed by atoms with E-state index in [0.717, 1.165) is 6.54 Å². The van der Waals surface area contributed by atoms with Gasteiger partial charge in [0.25, 0.3) is 0 Å². The number of amides is 1. The second-order valence-corrected chi connectivity index (χ2v) is 3.37. The SMILES string of the molecule is O=C1C[C@@H](I)CN1. The minimum absolute atomic E-state index is 0.194. The van der Waals surface area contributed by atoms with E-state index in [1.54, 1.807) is 0 Å². The second kappa shape index (κ2) is 1.98. The van der Waals surface area contributed by atoms with E-state index in [4.69, 9.17) is 0 Å². The highest BCUT2D eigenvalue weighted by Gasteiger charge is 2.17. The van der Waals surface area contributed by atoms with E-state index in [2.05, 4.69) is 27.9 Å². The summed E-state index contributed by atoms with van der Waals surface area (Å²) in [6.45, 7) is 0.861. The van der Waals surface area contributed by atoms with Gasteiger partial charge in [0.15, 0.2) is 0 Å². The molecule has 0 bridgehead atoms. The molecule has 0 aromatic carbocycles. The molecule has 0 saturated carbocycles. The molecule has 7 heavy (non-hydrogen) atoms. The van der Waals surface area contributed by atoms with Crippen LogP contribution in [0.4, 0.5) is 0 Å². The van der Waals surface area contributed by atoms with Crippen LogP contribution in [0.25, 0.3) is 0 Å². The van der Waals surface area contributed by atoms with E-state index >= 15 is 0 Å². The van der Waals surface area contributed by atoms with Crippen LogP contribution in [0.3, 0.4) is 0 Å². The Morgan fingerprint density at radius 2 is 2.57 bits per heavy atom. The van der Waals surface area contributed by atoms with E-state index in [0.29, 0.717) is 10.3 Å². The molecule has 0 aromatic rings. The van der Waals surface area contributed by atoms with E-state index in [1.807, 2.05) is 0 Å². The average molecular weight is 211 g/mol. The quantitative estimate of drug-likeness (QED) is 0.453. The van der Waals surface area contributed by atoms with Gasteiger partial charge in [0.1, 0.15) is 0 Å². The van der Waals surface area contributed by atoms with Crippen LogP contribution in [0, 0.1) is 0 Å². The Kier molecular flexibility index (Phi) is 1.51. The largest absolute Gasteiger partial charge is 0.355 e. The molecule has 1 amide bonds. The number of hydrogen-bond acceptors (Lipinski definition) is 1. The van der Waals surface area contributed by atoms with E-state index in [-0.39, 0.29) is 5.91 Å². The minimum atomic E-state index is 0.194. The number of nitrogens with one attached hydrogen (secondary N) is 1. The summed E-state index contributed by atoms with van der Waals surface area (Å²) in [5.41, 5.74) is 0. The van der Waals surface area contributed by atoms with Gasteiger partial charge >= 0.3 is 0 Å². The zero-order chi connectivity index (χ0) is 5.28. The fraction of sp³-hybridized carbons (Fsp3) is 0.750. The molecule has 0 aliphatic carbocycles. The van der Waals surface area contributed by atoms with Crippen LogP contribution in [0.1, 0.15) is 6.42 Å². The number of carbonyl (C=O) groups is 1. The number of rotatable bonds is 0. The Labute approximate surface area is 55.8 Å². The summed E-state index contributed by atoms with van der Waals surface area (Å²) >= 11 is 2.26. The molecular formula is C4H6INO. The lowest BCUT2D eigenvalue weighted by Crippen LogP contribution is -2.13. The summed E-state index contributed by atoms with van der Waals surface area (Å²) in [5.74, 6) is 0.194. The van der Waals surface area contributed by atoms with Crippen molar-refractivity contribution in [3.63, 3.8) is 0 Å². The molecule has 1 rings (SSSR count). The third kappa shape index (κ3) is 1.29. The van der Waals surface area contributed by atoms with Crippen LogP contribution >= 0.6 is 22.6 Å². The number of carbonyl (C=O) groups excluding carboxylic acids is 1. The normalized spacial score (nSPS) is 30.4. The highest BCUT2D eigenvalue weighted by Crippen LogP contribution is 2.08. The third-order valence-electron chi connectivity index (χ3n) is 0.928. The van der Waals surface area contributed by atoms with Gasteiger partial charge in [-0.2, -0.15) is 0 Å². The maximum Gasteiger partial charge on any atom is 0.221 e. The molecule has 1 heterocycles. The molecule has 2 nitrogen and oxygen atoms in total. The van der Waals surface area contributed by atoms with Gasteiger partial charge in [-0.3, -0.25) is 4.79 Å². The standard InChI is InChI=1S/C4H6INO/c5-3-1-4(7)6-2-3/h3H,1-2H2,(H,6,7)/t3-/m1/s1. The highest BCUT2D eigenvalue weighted by atomic mass is 127. The molecule has 0 radical (unpaired) electrons. The first-order valence-corrected chi connectivity index (χ1v) is 3.44. The fourth-order valence-electron chi connectivity index (χ4n) is 0.570. The number of halogens is 1. The Bertz CT molecular complexity index is 93.7. The molecule has 1 fully saturated rings. The molecule has 3 heteroatoms. The van der Waals surface area contributed by atoms with Gasteiger partial charge in [0, 0.05) is 16.9 Å². The van der Waals surface area contributed by atoms with Crippen molar-refractivity contribution in [1.82, 2.24) is 5.32 Å². The highest BCUT2D eigenvalue weighted by molar-refractivity contribution is 14.1. The molecule has 40 valence electrons. The molecular weight excluding hydrogens is 205 g/mol. The summed E-state index contributed by atoms with van der Waals surface area (Å²) < 4.78 is 0.532. The first-order chi connectivity index (χ1) is 3.29. The summed E-state index contributed by atoms with van der Waals surface area (Å²) in [5, 5.41) is 2.72. The molecule has 1 aliphatic heterocycles. The summed E-state index contributed by atoms with van der Waals surface area (Å²) in [4.78, 5) is 10.3. The van der Waals surface area contributed by atoms with Crippen molar-refractivity contribution in [2.75, 3.05) is 6.54 Å². The second-order valence-electron chi connectivity index (χ2n) is 1.61. The predicted octanol–water partition coefficient (Wildman–Crippen LogP) is 0.310. The molecule has 0 unspecified atom stereocenters. The summed E-state index contributed by atoms with van der Waals surface area (Å²) in [6.07, 6.45) is 0.709. The Morgan fingerprint density at radius 1 is 1.86 bits per heavy atom. The lowest BCUT2D eigenvalue weighted by molar-refractivity contribution is -0.119. The molecule has 0 aromatic heterocycles. The van der Waals surface area contributed by atoms with Crippen molar-refractivity contribution in [1.29, 1.82) is 0 Å². The van der Waals surface area contributed by atoms with Crippen LogP contribution in [-0.2, 0) is 4.79 Å². The first-order valence-electron chi connectivity index (χ1n) is 2.20. The van der Waals surface area contributed by atoms with E-state index in [1.165, 1.54) is 0 Å². The van der Waals surface area contributed by atoms with Crippen LogP contribution in [0.2, 0.25) is 0 Å². The van der Waals surface area contributed by atoms with Crippen LogP contribution < -0.4 is 5.32 Å². The lowest BCUT2D eigenvalue weighted by Gasteiger charge is -1.86. The summed E-state index contributed by atoms with van der Waals surface area (Å²) in [6, 6.07) is 0. The van der Waals surface area contributed by atoms with E-state index in [9.17, 15) is 4.79 Å². The number of hydrogen-bond donors (Lipinski definition) is 1. The average Bonchev–Trinajstić information content (AvgIpc) is 1.87. The Balaban J connectivity index is 2.40. The van der Waals surface area contributed by atoms with Gasteiger partial charge in [-0.1, -0.05) is 22.6 Å². The maximum absolute atomic E-state index is 10.3. The van der Waals surface area contributed by atoms with Gasteiger partial charge in [-0.25, -0.2) is 0 Å². The van der Waals surface area contributed by atoms with Crippen LogP contribution in [-0.4, -0.2) is 16.4 Å². The fourth-order valence-corrected chi connectivity index (χ4v) is 1.19. The lowest BCUT2D eigenvalue weighted by atomic mass is 10.4. The van der Waals surface area contributed by atoms with Crippen LogP contribution in [0.15, 0.2) is 0 Å². The van der Waals surface area contributed by atoms with Gasteiger partial charge in [0.2, 0.25) is 5.91 Å². The number of alkyl halides is 1. The van der Waals surface area contributed by atoms with Crippen molar-refractivity contribution < 1.29 is 4.79 Å². The molecule has 1 atom stereocenters.